The maximum absolute atomic E-state index is 9.37. The molecule has 22 heavy (non-hydrogen) atoms. The highest BCUT2D eigenvalue weighted by atomic mass is 16.5. The summed E-state index contributed by atoms with van der Waals surface area (Å²) < 4.78 is 7.68. The van der Waals surface area contributed by atoms with Gasteiger partial charge in [0.1, 0.15) is 5.75 Å². The Morgan fingerprint density at radius 3 is 2.91 bits per heavy atom. The van der Waals surface area contributed by atoms with Crippen LogP contribution in [-0.4, -0.2) is 33.0 Å². The van der Waals surface area contributed by atoms with Crippen LogP contribution < -0.4 is 10.1 Å². The summed E-state index contributed by atoms with van der Waals surface area (Å²) >= 11 is 0. The quantitative estimate of drug-likeness (QED) is 0.815. The van der Waals surface area contributed by atoms with E-state index in [1.54, 1.807) is 17.1 Å². The number of aliphatic hydroxyl groups excluding tert-OH is 1. The molecule has 0 radical (unpaired) electrons. The van der Waals surface area contributed by atoms with Gasteiger partial charge in [-0.05, 0) is 31.9 Å². The number of nitrogens with zero attached hydrogens (tertiary/aromatic N) is 3. The number of hydrogen-bond donors (Lipinski definition) is 2. The second-order valence-electron chi connectivity index (χ2n) is 6.05. The van der Waals surface area contributed by atoms with Gasteiger partial charge in [-0.25, -0.2) is 4.68 Å². The number of aliphatic hydroxyl groups is 1. The van der Waals surface area contributed by atoms with E-state index in [0.717, 1.165) is 36.5 Å². The fourth-order valence-corrected chi connectivity index (χ4v) is 2.55. The number of ether oxygens (including phenoxy) is 1. The summed E-state index contributed by atoms with van der Waals surface area (Å²) in [5.41, 5.74) is 2.09. The van der Waals surface area contributed by atoms with Crippen LogP contribution in [0.25, 0.3) is 0 Å². The monoisotopic (exact) mass is 302 g/mol. The lowest BCUT2D eigenvalue weighted by Crippen LogP contribution is -2.26. The zero-order valence-corrected chi connectivity index (χ0v) is 13.0. The van der Waals surface area contributed by atoms with E-state index in [4.69, 9.17) is 4.74 Å². The Morgan fingerprint density at radius 2 is 2.27 bits per heavy atom. The smallest absolute Gasteiger partial charge is 0.222 e. The Hall–Kier alpha value is -1.92. The molecule has 2 aromatic rings. The minimum atomic E-state index is 0.0977. The molecule has 2 N–H and O–H groups in total. The minimum absolute atomic E-state index is 0.0977. The van der Waals surface area contributed by atoms with Gasteiger partial charge in [0.15, 0.2) is 0 Å². The molecule has 0 atom stereocenters. The van der Waals surface area contributed by atoms with E-state index >= 15 is 0 Å². The molecule has 6 heteroatoms. The van der Waals surface area contributed by atoms with Crippen LogP contribution in [-0.2, 0) is 13.6 Å². The number of aromatic nitrogens is 3. The van der Waals surface area contributed by atoms with Gasteiger partial charge in [0.25, 0.3) is 0 Å². The molecule has 118 valence electrons. The summed E-state index contributed by atoms with van der Waals surface area (Å²) in [6, 6.07) is 3.71. The second kappa shape index (κ2) is 6.06. The van der Waals surface area contributed by atoms with E-state index in [2.05, 4.69) is 15.4 Å². The van der Waals surface area contributed by atoms with Crippen LogP contribution in [0.4, 0.5) is 0 Å². The Balaban J connectivity index is 1.70. The lowest BCUT2D eigenvalue weighted by molar-refractivity contribution is 0.207. The number of rotatable bonds is 7. The van der Waals surface area contributed by atoms with Gasteiger partial charge in [-0.1, -0.05) is 0 Å². The molecule has 0 bridgehead atoms. The summed E-state index contributed by atoms with van der Waals surface area (Å²) in [5, 5.41) is 17.2. The van der Waals surface area contributed by atoms with Crippen LogP contribution in [0.3, 0.4) is 0 Å². The number of nitrogens with one attached hydrogen (secondary N) is 1. The van der Waals surface area contributed by atoms with Crippen LogP contribution in [0.1, 0.15) is 24.1 Å². The van der Waals surface area contributed by atoms with Gasteiger partial charge < -0.3 is 15.2 Å². The maximum atomic E-state index is 9.37. The van der Waals surface area contributed by atoms with Gasteiger partial charge in [-0.15, -0.1) is 0 Å². The van der Waals surface area contributed by atoms with Crippen LogP contribution >= 0.6 is 0 Å². The molecular formula is C16H22N4O2. The topological polar surface area (TPSA) is 72.2 Å². The third-order valence-corrected chi connectivity index (χ3v) is 4.23. The van der Waals surface area contributed by atoms with Crippen molar-refractivity contribution in [3.8, 4) is 11.6 Å². The maximum Gasteiger partial charge on any atom is 0.222 e. The van der Waals surface area contributed by atoms with Crippen molar-refractivity contribution < 1.29 is 9.84 Å². The van der Waals surface area contributed by atoms with Crippen molar-refractivity contribution in [2.75, 3.05) is 13.2 Å². The van der Waals surface area contributed by atoms with Gasteiger partial charge in [-0.2, -0.15) is 5.10 Å². The number of pyridine rings is 1. The van der Waals surface area contributed by atoms with Gasteiger partial charge in [-0.3, -0.25) is 4.98 Å². The third kappa shape index (κ3) is 3.13. The molecule has 0 aliphatic heterocycles. The fourth-order valence-electron chi connectivity index (χ4n) is 2.55. The van der Waals surface area contributed by atoms with Crippen LogP contribution in [0.2, 0.25) is 0 Å². The molecular weight excluding hydrogens is 280 g/mol. The molecule has 2 aromatic heterocycles. The van der Waals surface area contributed by atoms with Crippen molar-refractivity contribution in [1.29, 1.82) is 0 Å². The highest BCUT2D eigenvalue weighted by molar-refractivity contribution is 5.34. The highest BCUT2D eigenvalue weighted by Crippen LogP contribution is 2.44. The molecule has 1 aliphatic rings. The van der Waals surface area contributed by atoms with Crippen LogP contribution in [0, 0.1) is 12.3 Å². The normalized spacial score (nSPS) is 15.8. The summed E-state index contributed by atoms with van der Waals surface area (Å²) in [6.45, 7) is 3.73. The summed E-state index contributed by atoms with van der Waals surface area (Å²) in [5.74, 6) is 1.42. The van der Waals surface area contributed by atoms with Crippen molar-refractivity contribution >= 4 is 0 Å². The molecule has 6 nitrogen and oxygen atoms in total. The van der Waals surface area contributed by atoms with Crippen molar-refractivity contribution in [1.82, 2.24) is 20.1 Å². The van der Waals surface area contributed by atoms with E-state index in [-0.39, 0.29) is 12.0 Å². The van der Waals surface area contributed by atoms with E-state index < -0.39 is 0 Å². The summed E-state index contributed by atoms with van der Waals surface area (Å²) in [6.07, 6.45) is 5.60. The number of aryl methyl sites for hydroxylation is 2. The van der Waals surface area contributed by atoms with E-state index in [1.807, 2.05) is 26.1 Å². The summed E-state index contributed by atoms with van der Waals surface area (Å²) in [4.78, 5) is 4.06. The number of hydrogen-bond acceptors (Lipinski definition) is 5. The molecule has 0 amide bonds. The summed E-state index contributed by atoms with van der Waals surface area (Å²) in [7, 11) is 1.87. The molecule has 3 rings (SSSR count). The van der Waals surface area contributed by atoms with E-state index in [9.17, 15) is 5.11 Å². The predicted molar refractivity (Wildman–Crippen MR) is 82.7 cm³/mol. The molecule has 0 aromatic carbocycles. The van der Waals surface area contributed by atoms with E-state index in [0.29, 0.717) is 12.3 Å². The van der Waals surface area contributed by atoms with Gasteiger partial charge in [0.2, 0.25) is 5.88 Å². The molecule has 0 saturated heterocycles. The SMILES string of the molecule is Cc1nn(C)c(Oc2cccnc2)c1CNCC1(CO)CC1. The molecule has 1 fully saturated rings. The highest BCUT2D eigenvalue weighted by Gasteiger charge is 2.41. The zero-order valence-electron chi connectivity index (χ0n) is 13.0. The average molecular weight is 302 g/mol. The van der Waals surface area contributed by atoms with Gasteiger partial charge >= 0.3 is 0 Å². The van der Waals surface area contributed by atoms with Crippen molar-refractivity contribution in [3.63, 3.8) is 0 Å². The van der Waals surface area contributed by atoms with Crippen molar-refractivity contribution in [3.05, 3.63) is 35.8 Å². The van der Waals surface area contributed by atoms with Crippen molar-refractivity contribution in [2.45, 2.75) is 26.3 Å². The molecule has 0 unspecified atom stereocenters. The standard InChI is InChI=1S/C16H22N4O2/c1-12-14(9-18-10-16(11-21)5-6-16)15(20(2)19-12)22-13-4-3-7-17-8-13/h3-4,7-8,18,21H,5-6,9-11H2,1-2H3. The predicted octanol–water partition coefficient (Wildman–Crippen LogP) is 1.78. The Morgan fingerprint density at radius 1 is 1.45 bits per heavy atom. The minimum Gasteiger partial charge on any atom is -0.437 e. The molecule has 0 spiro atoms. The molecule has 2 heterocycles. The lowest BCUT2D eigenvalue weighted by Gasteiger charge is -2.13. The Kier molecular flexibility index (Phi) is 4.13. The lowest BCUT2D eigenvalue weighted by atomic mass is 10.1. The van der Waals surface area contributed by atoms with Gasteiger partial charge in [0.05, 0.1) is 17.5 Å². The first kappa shape index (κ1) is 15.0. The average Bonchev–Trinajstić information content (AvgIpc) is 3.26. The largest absolute Gasteiger partial charge is 0.437 e. The first-order valence-electron chi connectivity index (χ1n) is 7.55. The first-order chi connectivity index (χ1) is 10.6. The fraction of sp³-hybridized carbons (Fsp3) is 0.500. The molecule has 1 saturated carbocycles. The Labute approximate surface area is 130 Å². The van der Waals surface area contributed by atoms with Crippen LogP contribution in [0.5, 0.6) is 11.6 Å². The van der Waals surface area contributed by atoms with E-state index in [1.165, 1.54) is 0 Å². The first-order valence-corrected chi connectivity index (χ1v) is 7.55. The van der Waals surface area contributed by atoms with Crippen molar-refractivity contribution in [2.24, 2.45) is 12.5 Å². The third-order valence-electron chi connectivity index (χ3n) is 4.23. The molecule has 1 aliphatic carbocycles. The van der Waals surface area contributed by atoms with Gasteiger partial charge in [0, 0.05) is 38.4 Å². The Bertz CT molecular complexity index is 635. The van der Waals surface area contributed by atoms with Crippen LogP contribution in [0.15, 0.2) is 24.5 Å². The second-order valence-corrected chi connectivity index (χ2v) is 6.05. The zero-order chi connectivity index (χ0) is 15.6.